The van der Waals surface area contributed by atoms with E-state index < -0.39 is 0 Å². The van der Waals surface area contributed by atoms with Gasteiger partial charge in [-0.25, -0.2) is 0 Å². The van der Waals surface area contributed by atoms with Crippen molar-refractivity contribution >= 4 is 0 Å². The summed E-state index contributed by atoms with van der Waals surface area (Å²) in [6.07, 6.45) is 0. The quantitative estimate of drug-likeness (QED) is 0.397. The number of rotatable bonds is 0. The van der Waals surface area contributed by atoms with E-state index in [1.54, 1.807) is 0 Å². The summed E-state index contributed by atoms with van der Waals surface area (Å²) in [6, 6.07) is 0. The minimum Gasteiger partial charge on any atom is -0.262 e. The first kappa shape index (κ1) is 5.81. The van der Waals surface area contributed by atoms with Gasteiger partial charge in [-0.2, -0.15) is 0 Å². The summed E-state index contributed by atoms with van der Waals surface area (Å²) in [5, 5.41) is 15.6. The van der Waals surface area contributed by atoms with E-state index in [0.29, 0.717) is 0 Å². The summed E-state index contributed by atoms with van der Waals surface area (Å²) in [4.78, 5) is 14.4. The molecule has 1 aliphatic heterocycles. The fourth-order valence-corrected chi connectivity index (χ4v) is 0.139. The maximum absolute atomic E-state index is 8.03. The first-order valence-corrected chi connectivity index (χ1v) is 1.46. The Kier molecular flexibility index (Phi) is 1.67. The van der Waals surface area contributed by atoms with Gasteiger partial charge in [-0.15, -0.1) is 0 Å². The molecule has 0 aromatic carbocycles. The summed E-state index contributed by atoms with van der Waals surface area (Å²) >= 11 is 0. The van der Waals surface area contributed by atoms with Gasteiger partial charge in [0.15, 0.2) is 0 Å². The monoisotopic (exact) mass is 126 g/mol. The van der Waals surface area contributed by atoms with Crippen molar-refractivity contribution in [2.24, 2.45) is 0 Å². The Bertz CT molecular complexity index is 54.9. The molecule has 0 aromatic rings. The SMILES string of the molecule is ON1OON(O)OO1. The lowest BCUT2D eigenvalue weighted by molar-refractivity contribution is -0.862. The highest BCUT2D eigenvalue weighted by atomic mass is 17.7. The molecule has 1 heterocycles. The van der Waals surface area contributed by atoms with Gasteiger partial charge in [-0.3, -0.25) is 10.4 Å². The lowest BCUT2D eigenvalue weighted by Crippen LogP contribution is -2.35. The van der Waals surface area contributed by atoms with Crippen LogP contribution in [0.1, 0.15) is 0 Å². The van der Waals surface area contributed by atoms with Crippen LogP contribution in [0, 0.1) is 0 Å². The van der Waals surface area contributed by atoms with E-state index in [4.69, 9.17) is 10.4 Å². The number of nitrogens with zero attached hydrogens (tertiary/aromatic N) is 2. The smallest absolute Gasteiger partial charge is 0.137 e. The van der Waals surface area contributed by atoms with Crippen molar-refractivity contribution < 1.29 is 30.4 Å². The van der Waals surface area contributed by atoms with Crippen LogP contribution in [0.5, 0.6) is 0 Å². The van der Waals surface area contributed by atoms with Crippen LogP contribution in [-0.4, -0.2) is 21.2 Å². The Morgan fingerprint density at radius 1 is 0.750 bits per heavy atom. The van der Waals surface area contributed by atoms with Crippen molar-refractivity contribution in [3.8, 4) is 0 Å². The number of hydrogen-bond acceptors (Lipinski definition) is 8. The van der Waals surface area contributed by atoms with Crippen molar-refractivity contribution in [3.63, 3.8) is 0 Å². The van der Waals surface area contributed by atoms with Gasteiger partial charge >= 0.3 is 0 Å². The molecule has 0 amide bonds. The lowest BCUT2D eigenvalue weighted by Gasteiger charge is -2.17. The fraction of sp³-hybridized carbons (Fsp3) is 0. The van der Waals surface area contributed by atoms with Gasteiger partial charge in [-0.1, -0.05) is 20.0 Å². The lowest BCUT2D eigenvalue weighted by atomic mass is 12.8. The van der Waals surface area contributed by atoms with Gasteiger partial charge in [0.25, 0.3) is 0 Å². The Labute approximate surface area is 42.5 Å². The summed E-state index contributed by atoms with van der Waals surface area (Å²) in [5.41, 5.74) is 0. The predicted octanol–water partition coefficient (Wildman–Crippen LogP) is -1.06. The zero-order valence-electron chi connectivity index (χ0n) is 3.42. The molecule has 0 aliphatic carbocycles. The molecule has 2 N–H and O–H groups in total. The molecule has 0 unspecified atom stereocenters. The normalized spacial score (nSPS) is 26.2. The van der Waals surface area contributed by atoms with Crippen molar-refractivity contribution in [2.45, 2.75) is 0 Å². The van der Waals surface area contributed by atoms with Crippen LogP contribution in [-0.2, 0) is 20.0 Å². The molecule has 8 nitrogen and oxygen atoms in total. The molecule has 48 valence electrons. The van der Waals surface area contributed by atoms with Crippen LogP contribution in [0.4, 0.5) is 0 Å². The molecular weight excluding hydrogens is 124 g/mol. The second-order valence-electron chi connectivity index (χ2n) is 0.774. The zero-order valence-corrected chi connectivity index (χ0v) is 3.42. The summed E-state index contributed by atoms with van der Waals surface area (Å²) in [7, 11) is 0. The Morgan fingerprint density at radius 3 is 1.25 bits per heavy atom. The summed E-state index contributed by atoms with van der Waals surface area (Å²) < 4.78 is 0. The van der Waals surface area contributed by atoms with Crippen molar-refractivity contribution in [3.05, 3.63) is 0 Å². The van der Waals surface area contributed by atoms with Gasteiger partial charge in [0.1, 0.15) is 10.8 Å². The third-order valence-electron chi connectivity index (χ3n) is 0.322. The molecule has 0 radical (unpaired) electrons. The Balaban J connectivity index is 2.19. The molecule has 0 aromatic heterocycles. The average molecular weight is 126 g/mol. The van der Waals surface area contributed by atoms with Crippen LogP contribution < -0.4 is 0 Å². The minimum atomic E-state index is -0.243. The average Bonchev–Trinajstić information content (AvgIpc) is 1.77. The molecule has 0 atom stereocenters. The van der Waals surface area contributed by atoms with Crippen LogP contribution in [0.15, 0.2) is 0 Å². The maximum Gasteiger partial charge on any atom is 0.137 e. The number of hydrogen-bond donors (Lipinski definition) is 2. The molecule has 1 rings (SSSR count). The second kappa shape index (κ2) is 2.30. The largest absolute Gasteiger partial charge is 0.262 e. The maximum atomic E-state index is 8.03. The van der Waals surface area contributed by atoms with E-state index in [9.17, 15) is 0 Å². The van der Waals surface area contributed by atoms with Gasteiger partial charge in [0.2, 0.25) is 0 Å². The molecule has 0 bridgehead atoms. The van der Waals surface area contributed by atoms with Crippen LogP contribution in [0.3, 0.4) is 0 Å². The molecule has 1 saturated heterocycles. The van der Waals surface area contributed by atoms with Crippen molar-refractivity contribution in [1.29, 1.82) is 0 Å². The van der Waals surface area contributed by atoms with Crippen LogP contribution in [0.25, 0.3) is 0 Å². The van der Waals surface area contributed by atoms with E-state index in [-0.39, 0.29) is 10.8 Å². The first-order chi connectivity index (χ1) is 3.79. The third-order valence-corrected chi connectivity index (χ3v) is 0.322. The highest BCUT2D eigenvalue weighted by molar-refractivity contribution is 3.56. The molecule has 0 spiro atoms. The molecule has 8 heavy (non-hydrogen) atoms. The molecular formula is H2N2O6. The topological polar surface area (TPSA) is 83.9 Å². The predicted molar refractivity (Wildman–Crippen MR) is 11.6 cm³/mol. The third kappa shape index (κ3) is 1.33. The van der Waals surface area contributed by atoms with E-state index >= 15 is 0 Å². The molecule has 1 fully saturated rings. The van der Waals surface area contributed by atoms with E-state index in [2.05, 4.69) is 20.0 Å². The van der Waals surface area contributed by atoms with Gasteiger partial charge < -0.3 is 0 Å². The van der Waals surface area contributed by atoms with E-state index in [0.717, 1.165) is 0 Å². The summed E-state index contributed by atoms with van der Waals surface area (Å²) in [6.45, 7) is 0. The van der Waals surface area contributed by atoms with Gasteiger partial charge in [0, 0.05) is 0 Å². The molecule has 0 saturated carbocycles. The highest BCUT2D eigenvalue weighted by Crippen LogP contribution is 2.00. The van der Waals surface area contributed by atoms with Gasteiger partial charge in [0.05, 0.1) is 0 Å². The standard InChI is InChI=1S/H2N2O6/c3-1-5-7-2(4)8-6-1/h3-4H. The first-order valence-electron chi connectivity index (χ1n) is 1.46. The summed E-state index contributed by atoms with van der Waals surface area (Å²) in [5.74, 6) is 0. The molecule has 8 heteroatoms. The van der Waals surface area contributed by atoms with Crippen molar-refractivity contribution in [2.75, 3.05) is 0 Å². The second-order valence-corrected chi connectivity index (χ2v) is 0.774. The van der Waals surface area contributed by atoms with Crippen molar-refractivity contribution in [1.82, 2.24) is 10.8 Å². The minimum absolute atomic E-state index is 0.243. The van der Waals surface area contributed by atoms with Crippen LogP contribution in [0.2, 0.25) is 0 Å². The van der Waals surface area contributed by atoms with Gasteiger partial charge in [-0.05, 0) is 0 Å². The fourth-order valence-electron chi connectivity index (χ4n) is 0.139. The van der Waals surface area contributed by atoms with E-state index in [1.807, 2.05) is 0 Å². The molecule has 1 aliphatic rings. The van der Waals surface area contributed by atoms with E-state index in [1.165, 1.54) is 0 Å². The Hall–Kier alpha value is -0.320. The zero-order chi connectivity index (χ0) is 5.98. The highest BCUT2D eigenvalue weighted by Gasteiger charge is 2.18. The van der Waals surface area contributed by atoms with Crippen LogP contribution >= 0.6 is 0 Å². The Morgan fingerprint density at radius 2 is 1.00 bits per heavy atom.